The number of carbonyl (C=O) groups is 1. The average molecular weight is 346 g/mol. The van der Waals surface area contributed by atoms with Crippen molar-refractivity contribution in [1.82, 2.24) is 0 Å². The van der Waals surface area contributed by atoms with Gasteiger partial charge in [-0.15, -0.1) is 0 Å². The molecule has 0 unspecified atom stereocenters. The van der Waals surface area contributed by atoms with Crippen LogP contribution in [0.1, 0.15) is 11.1 Å². The number of carboxylic acids is 1. The Morgan fingerprint density at radius 2 is 1.50 bits per heavy atom. The summed E-state index contributed by atoms with van der Waals surface area (Å²) >= 11 is 0. The summed E-state index contributed by atoms with van der Waals surface area (Å²) in [5.41, 5.74) is 2.01. The van der Waals surface area contributed by atoms with E-state index in [0.717, 1.165) is 12.3 Å². The largest absolute Gasteiger partial charge is 0.478 e. The lowest BCUT2D eigenvalue weighted by Crippen LogP contribution is -1.97. The van der Waals surface area contributed by atoms with Gasteiger partial charge in [0.15, 0.2) is 9.84 Å². The van der Waals surface area contributed by atoms with E-state index in [-0.39, 0.29) is 10.7 Å². The summed E-state index contributed by atoms with van der Waals surface area (Å²) < 4.78 is 36.2. The van der Waals surface area contributed by atoms with Gasteiger partial charge >= 0.3 is 5.97 Å². The fourth-order valence-corrected chi connectivity index (χ4v) is 2.73. The van der Waals surface area contributed by atoms with Gasteiger partial charge in [0.2, 0.25) is 0 Å². The summed E-state index contributed by atoms with van der Waals surface area (Å²) in [6.45, 7) is 0. The van der Waals surface area contributed by atoms with Gasteiger partial charge in [0.25, 0.3) is 0 Å². The molecule has 0 aliphatic rings. The van der Waals surface area contributed by atoms with E-state index in [1.165, 1.54) is 30.3 Å². The second-order valence-electron chi connectivity index (χ2n) is 5.08. The summed E-state index contributed by atoms with van der Waals surface area (Å²) in [7, 11) is -3.30. The third kappa shape index (κ3) is 4.63. The minimum atomic E-state index is -3.30. The predicted octanol–water partition coefficient (Wildman–Crippen LogP) is 3.30. The number of carboxylic acid groups (broad SMARTS) is 1. The Bertz CT molecular complexity index is 893. The van der Waals surface area contributed by atoms with Crippen molar-refractivity contribution < 1.29 is 22.7 Å². The minimum Gasteiger partial charge on any atom is -0.478 e. The Morgan fingerprint density at radius 3 is 1.96 bits per heavy atom. The van der Waals surface area contributed by atoms with Gasteiger partial charge in [-0.2, -0.15) is 0 Å². The second kappa shape index (κ2) is 7.23. The van der Waals surface area contributed by atoms with Crippen LogP contribution in [0.4, 0.5) is 4.39 Å². The number of benzene rings is 2. The number of rotatable bonds is 5. The molecule has 0 atom stereocenters. The molecule has 0 aliphatic carbocycles. The lowest BCUT2D eigenvalue weighted by atomic mass is 9.97. The van der Waals surface area contributed by atoms with Crippen molar-refractivity contribution in [2.45, 2.75) is 4.90 Å². The van der Waals surface area contributed by atoms with E-state index in [9.17, 15) is 17.6 Å². The summed E-state index contributed by atoms with van der Waals surface area (Å²) in [6.07, 6.45) is 5.05. The van der Waals surface area contributed by atoms with Crippen LogP contribution in [0.15, 0.2) is 71.7 Å². The Kier molecular flexibility index (Phi) is 5.31. The van der Waals surface area contributed by atoms with Crippen LogP contribution in [-0.4, -0.2) is 25.7 Å². The molecule has 0 aliphatic heterocycles. The quantitative estimate of drug-likeness (QED) is 0.666. The molecular weight excluding hydrogens is 331 g/mol. The fraction of sp³-hybridized carbons (Fsp3) is 0.0556. The first-order valence-corrected chi connectivity index (χ1v) is 8.84. The smallest absolute Gasteiger partial charge is 0.328 e. The normalized spacial score (nSPS) is 12.5. The SMILES string of the molecule is CS(=O)(=O)c1ccc(C(=CC=CC(=O)O)c2ccc(F)cc2)cc1. The van der Waals surface area contributed by atoms with E-state index in [1.807, 2.05) is 0 Å². The van der Waals surface area contributed by atoms with E-state index >= 15 is 0 Å². The van der Waals surface area contributed by atoms with Crippen LogP contribution in [0.3, 0.4) is 0 Å². The molecule has 6 heteroatoms. The zero-order valence-corrected chi connectivity index (χ0v) is 13.6. The number of hydrogen-bond donors (Lipinski definition) is 1. The van der Waals surface area contributed by atoms with Crippen LogP contribution < -0.4 is 0 Å². The minimum absolute atomic E-state index is 0.186. The van der Waals surface area contributed by atoms with Gasteiger partial charge in [0.1, 0.15) is 5.82 Å². The van der Waals surface area contributed by atoms with E-state index in [4.69, 9.17) is 5.11 Å². The molecule has 0 heterocycles. The third-order valence-electron chi connectivity index (χ3n) is 3.25. The highest BCUT2D eigenvalue weighted by Crippen LogP contribution is 2.25. The van der Waals surface area contributed by atoms with E-state index in [2.05, 4.69) is 0 Å². The number of halogens is 1. The first kappa shape index (κ1) is 17.6. The Morgan fingerprint density at radius 1 is 1.00 bits per heavy atom. The standard InChI is InChI=1S/C18H15FO4S/c1-24(22,23)16-11-7-14(8-12-16)17(3-2-4-18(20)21)13-5-9-15(19)10-6-13/h2-12H,1H3,(H,20,21). The molecule has 2 aromatic rings. The molecule has 2 rings (SSSR count). The third-order valence-corrected chi connectivity index (χ3v) is 4.38. The van der Waals surface area contributed by atoms with Crippen molar-refractivity contribution in [2.24, 2.45) is 0 Å². The molecule has 24 heavy (non-hydrogen) atoms. The summed E-state index contributed by atoms with van der Waals surface area (Å²) in [6, 6.07) is 11.9. The molecule has 0 fully saturated rings. The molecule has 0 saturated carbocycles. The number of hydrogen-bond acceptors (Lipinski definition) is 3. The molecule has 0 spiro atoms. The second-order valence-corrected chi connectivity index (χ2v) is 7.10. The number of allylic oxidation sites excluding steroid dienone is 2. The van der Waals surface area contributed by atoms with Crippen molar-refractivity contribution in [3.05, 3.63) is 83.7 Å². The Balaban J connectivity index is 2.49. The monoisotopic (exact) mass is 346 g/mol. The molecule has 4 nitrogen and oxygen atoms in total. The molecular formula is C18H15FO4S. The number of aliphatic carboxylic acids is 1. The van der Waals surface area contributed by atoms with Crippen LogP contribution >= 0.6 is 0 Å². The van der Waals surface area contributed by atoms with Gasteiger partial charge in [-0.05, 0) is 41.0 Å². The van der Waals surface area contributed by atoms with Gasteiger partial charge in [-0.25, -0.2) is 17.6 Å². The highest BCUT2D eigenvalue weighted by molar-refractivity contribution is 7.90. The highest BCUT2D eigenvalue weighted by atomic mass is 32.2. The Labute approximate surface area is 139 Å². The van der Waals surface area contributed by atoms with Gasteiger partial charge in [0, 0.05) is 12.3 Å². The van der Waals surface area contributed by atoms with Crippen LogP contribution in [0.2, 0.25) is 0 Å². The lowest BCUT2D eigenvalue weighted by molar-refractivity contribution is -0.131. The molecule has 0 radical (unpaired) electrons. The summed E-state index contributed by atoms with van der Waals surface area (Å²) in [5, 5.41) is 8.70. The molecule has 0 amide bonds. The fourth-order valence-electron chi connectivity index (χ4n) is 2.10. The van der Waals surface area contributed by atoms with Crippen LogP contribution in [0.5, 0.6) is 0 Å². The van der Waals surface area contributed by atoms with E-state index < -0.39 is 15.8 Å². The van der Waals surface area contributed by atoms with Crippen LogP contribution in [0.25, 0.3) is 5.57 Å². The highest BCUT2D eigenvalue weighted by Gasteiger charge is 2.09. The van der Waals surface area contributed by atoms with Crippen molar-refractivity contribution in [3.8, 4) is 0 Å². The molecule has 0 saturated heterocycles. The van der Waals surface area contributed by atoms with Crippen molar-refractivity contribution in [2.75, 3.05) is 6.26 Å². The maximum Gasteiger partial charge on any atom is 0.328 e. The Hall–Kier alpha value is -2.73. The molecule has 2 aromatic carbocycles. The van der Waals surface area contributed by atoms with Crippen LogP contribution in [0, 0.1) is 5.82 Å². The molecule has 124 valence electrons. The van der Waals surface area contributed by atoms with Gasteiger partial charge < -0.3 is 5.11 Å². The first-order chi connectivity index (χ1) is 11.3. The van der Waals surface area contributed by atoms with Crippen molar-refractivity contribution in [1.29, 1.82) is 0 Å². The molecule has 0 aromatic heterocycles. The topological polar surface area (TPSA) is 71.4 Å². The number of sulfone groups is 1. The van der Waals surface area contributed by atoms with Gasteiger partial charge in [0.05, 0.1) is 4.90 Å². The predicted molar refractivity (Wildman–Crippen MR) is 89.8 cm³/mol. The molecule has 1 N–H and O–H groups in total. The van der Waals surface area contributed by atoms with Crippen LogP contribution in [-0.2, 0) is 14.6 Å². The van der Waals surface area contributed by atoms with Crippen molar-refractivity contribution in [3.63, 3.8) is 0 Å². The van der Waals surface area contributed by atoms with E-state index in [0.29, 0.717) is 16.7 Å². The van der Waals surface area contributed by atoms with Crippen molar-refractivity contribution >= 4 is 21.4 Å². The molecule has 0 bridgehead atoms. The summed E-state index contributed by atoms with van der Waals surface area (Å²) in [5.74, 6) is -1.47. The van der Waals surface area contributed by atoms with Gasteiger partial charge in [-0.1, -0.05) is 36.4 Å². The zero-order valence-electron chi connectivity index (χ0n) is 12.8. The van der Waals surface area contributed by atoms with Gasteiger partial charge in [-0.3, -0.25) is 0 Å². The first-order valence-electron chi connectivity index (χ1n) is 6.95. The zero-order chi connectivity index (χ0) is 17.7. The average Bonchev–Trinajstić information content (AvgIpc) is 2.52. The summed E-state index contributed by atoms with van der Waals surface area (Å²) in [4.78, 5) is 10.8. The van der Waals surface area contributed by atoms with E-state index in [1.54, 1.807) is 30.3 Å². The maximum absolute atomic E-state index is 13.1. The maximum atomic E-state index is 13.1. The lowest BCUT2D eigenvalue weighted by Gasteiger charge is -2.09.